The van der Waals surface area contributed by atoms with Crippen LogP contribution in [-0.4, -0.2) is 34.8 Å². The average Bonchev–Trinajstić information content (AvgIpc) is 3.09. The predicted molar refractivity (Wildman–Crippen MR) is 118 cm³/mol. The molecule has 1 aliphatic heterocycles. The van der Waals surface area contributed by atoms with Crippen molar-refractivity contribution in [1.82, 2.24) is 9.55 Å². The Morgan fingerprint density at radius 3 is 2.87 bits per heavy atom. The Morgan fingerprint density at radius 2 is 2.03 bits per heavy atom. The van der Waals surface area contributed by atoms with Crippen molar-refractivity contribution in [3.05, 3.63) is 54.4 Å². The van der Waals surface area contributed by atoms with Gasteiger partial charge in [-0.05, 0) is 50.5 Å². The normalized spacial score (nSPS) is 17.6. The number of ether oxygens (including phenoxy) is 2. The van der Waals surface area contributed by atoms with Gasteiger partial charge in [0.15, 0.2) is 0 Å². The van der Waals surface area contributed by atoms with E-state index in [4.69, 9.17) is 9.47 Å². The number of anilines is 1. The zero-order valence-corrected chi connectivity index (χ0v) is 17.6. The minimum Gasteiger partial charge on any atom is -0.489 e. The fraction of sp³-hybridized carbons (Fsp3) is 0.417. The maximum absolute atomic E-state index is 12.9. The summed E-state index contributed by atoms with van der Waals surface area (Å²) in [5, 5.41) is 3.04. The molecule has 2 aromatic carbocycles. The van der Waals surface area contributed by atoms with E-state index in [2.05, 4.69) is 14.9 Å². The van der Waals surface area contributed by atoms with Crippen molar-refractivity contribution in [2.45, 2.75) is 45.8 Å². The average molecular weight is 408 g/mol. The lowest BCUT2D eigenvalue weighted by atomic mass is 10.1. The van der Waals surface area contributed by atoms with Crippen LogP contribution in [0.3, 0.4) is 0 Å². The summed E-state index contributed by atoms with van der Waals surface area (Å²) in [5.41, 5.74) is 2.69. The molecule has 30 heavy (non-hydrogen) atoms. The quantitative estimate of drug-likeness (QED) is 0.623. The third-order valence-electron chi connectivity index (χ3n) is 5.59. The zero-order chi connectivity index (χ0) is 20.9. The molecule has 2 atom stereocenters. The zero-order valence-electron chi connectivity index (χ0n) is 17.6. The van der Waals surface area contributed by atoms with Crippen LogP contribution in [0.15, 0.2) is 48.5 Å². The molecule has 0 bridgehead atoms. The molecule has 0 unspecified atom stereocenters. The summed E-state index contributed by atoms with van der Waals surface area (Å²) < 4.78 is 13.8. The topological polar surface area (TPSA) is 65.4 Å². The van der Waals surface area contributed by atoms with Gasteiger partial charge in [0.2, 0.25) is 5.91 Å². The van der Waals surface area contributed by atoms with Gasteiger partial charge in [0.25, 0.3) is 0 Å². The lowest BCUT2D eigenvalue weighted by molar-refractivity contribution is -0.119. The number of rotatable bonds is 7. The van der Waals surface area contributed by atoms with E-state index in [1.807, 2.05) is 62.4 Å². The molecule has 2 heterocycles. The van der Waals surface area contributed by atoms with Gasteiger partial charge in [0.05, 0.1) is 28.7 Å². The first-order valence-electron chi connectivity index (χ1n) is 10.7. The molecule has 1 aliphatic rings. The van der Waals surface area contributed by atoms with Crippen LogP contribution in [0, 0.1) is 12.8 Å². The van der Waals surface area contributed by atoms with Crippen molar-refractivity contribution >= 4 is 22.6 Å². The molecule has 1 fully saturated rings. The van der Waals surface area contributed by atoms with Crippen molar-refractivity contribution in [3.8, 4) is 5.75 Å². The summed E-state index contributed by atoms with van der Waals surface area (Å²) in [5.74, 6) is 1.32. The Labute approximate surface area is 177 Å². The molecule has 0 spiro atoms. The van der Waals surface area contributed by atoms with Crippen molar-refractivity contribution in [2.24, 2.45) is 5.92 Å². The highest BCUT2D eigenvalue weighted by atomic mass is 16.5. The highest BCUT2D eigenvalue weighted by Crippen LogP contribution is 2.26. The minimum absolute atomic E-state index is 0.0443. The van der Waals surface area contributed by atoms with E-state index in [0.29, 0.717) is 24.6 Å². The third kappa shape index (κ3) is 4.65. The minimum atomic E-state index is -0.226. The highest BCUT2D eigenvalue weighted by molar-refractivity contribution is 5.93. The van der Waals surface area contributed by atoms with Gasteiger partial charge in [0.1, 0.15) is 18.2 Å². The summed E-state index contributed by atoms with van der Waals surface area (Å²) in [7, 11) is 0. The van der Waals surface area contributed by atoms with Gasteiger partial charge < -0.3 is 19.4 Å². The SMILES string of the molecule is Cc1nc2ccccc2n1C[C@H](C)C(=O)Nc1ccccc1OC[C@H]1CCCCO1. The number of carbonyl (C=O) groups is 1. The first-order chi connectivity index (χ1) is 14.6. The molecular weight excluding hydrogens is 378 g/mol. The van der Waals surface area contributed by atoms with E-state index in [1.165, 1.54) is 6.42 Å². The number of amides is 1. The number of fused-ring (bicyclic) bond motifs is 1. The highest BCUT2D eigenvalue weighted by Gasteiger charge is 2.19. The van der Waals surface area contributed by atoms with Crippen LogP contribution >= 0.6 is 0 Å². The van der Waals surface area contributed by atoms with Crippen LogP contribution in [0.2, 0.25) is 0 Å². The lowest BCUT2D eigenvalue weighted by Crippen LogP contribution is -2.27. The summed E-state index contributed by atoms with van der Waals surface area (Å²) in [6.07, 6.45) is 3.43. The third-order valence-corrected chi connectivity index (χ3v) is 5.59. The van der Waals surface area contributed by atoms with Gasteiger partial charge in [-0.1, -0.05) is 31.2 Å². The van der Waals surface area contributed by atoms with E-state index in [1.54, 1.807) is 0 Å². The molecular formula is C24H29N3O3. The standard InChI is InChI=1S/C24H29N3O3/c1-17(15-27-18(2)25-20-10-3-5-12-22(20)27)24(28)26-21-11-4-6-13-23(21)30-16-19-9-7-8-14-29-19/h3-6,10-13,17,19H,7-9,14-16H2,1-2H3,(H,26,28)/t17-,19+/m0/s1. The van der Waals surface area contributed by atoms with Gasteiger partial charge in [-0.3, -0.25) is 4.79 Å². The second-order valence-electron chi connectivity index (χ2n) is 7.94. The maximum atomic E-state index is 12.9. The second kappa shape index (κ2) is 9.30. The Balaban J connectivity index is 1.41. The fourth-order valence-corrected chi connectivity index (χ4v) is 3.86. The Morgan fingerprint density at radius 1 is 1.23 bits per heavy atom. The van der Waals surface area contributed by atoms with E-state index in [0.717, 1.165) is 36.3 Å². The van der Waals surface area contributed by atoms with Crippen molar-refractivity contribution in [3.63, 3.8) is 0 Å². The van der Waals surface area contributed by atoms with Crippen LogP contribution in [-0.2, 0) is 16.1 Å². The van der Waals surface area contributed by atoms with Crippen LogP contribution < -0.4 is 10.1 Å². The van der Waals surface area contributed by atoms with Gasteiger partial charge in [-0.25, -0.2) is 4.98 Å². The van der Waals surface area contributed by atoms with Crippen molar-refractivity contribution < 1.29 is 14.3 Å². The monoisotopic (exact) mass is 407 g/mol. The van der Waals surface area contributed by atoms with Crippen LogP contribution in [0.5, 0.6) is 5.75 Å². The number of hydrogen-bond donors (Lipinski definition) is 1. The summed E-state index contributed by atoms with van der Waals surface area (Å²) in [6.45, 7) is 5.77. The fourth-order valence-electron chi connectivity index (χ4n) is 3.86. The predicted octanol–water partition coefficient (Wildman–Crippen LogP) is 4.57. The molecule has 158 valence electrons. The lowest BCUT2D eigenvalue weighted by Gasteiger charge is -2.23. The van der Waals surface area contributed by atoms with E-state index >= 15 is 0 Å². The number of aryl methyl sites for hydroxylation is 1. The molecule has 0 radical (unpaired) electrons. The van der Waals surface area contributed by atoms with E-state index in [9.17, 15) is 4.79 Å². The molecule has 4 rings (SSSR count). The summed E-state index contributed by atoms with van der Waals surface area (Å²) in [4.78, 5) is 17.5. The molecule has 6 heteroatoms. The van der Waals surface area contributed by atoms with Gasteiger partial charge in [0, 0.05) is 13.2 Å². The van der Waals surface area contributed by atoms with Crippen LogP contribution in [0.1, 0.15) is 32.0 Å². The Hall–Kier alpha value is -2.86. The van der Waals surface area contributed by atoms with Gasteiger partial charge in [-0.2, -0.15) is 0 Å². The van der Waals surface area contributed by atoms with Crippen LogP contribution in [0.25, 0.3) is 11.0 Å². The molecule has 3 aromatic rings. The Bertz CT molecular complexity index is 1010. The smallest absolute Gasteiger partial charge is 0.229 e. The maximum Gasteiger partial charge on any atom is 0.229 e. The number of para-hydroxylation sites is 4. The number of imidazole rings is 1. The Kier molecular flexibility index (Phi) is 6.33. The summed E-state index contributed by atoms with van der Waals surface area (Å²) >= 11 is 0. The number of aromatic nitrogens is 2. The largest absolute Gasteiger partial charge is 0.489 e. The molecule has 0 aliphatic carbocycles. The molecule has 0 saturated carbocycles. The van der Waals surface area contributed by atoms with E-state index in [-0.39, 0.29) is 17.9 Å². The molecule has 6 nitrogen and oxygen atoms in total. The number of hydrogen-bond acceptors (Lipinski definition) is 4. The number of nitrogens with one attached hydrogen (secondary N) is 1. The second-order valence-corrected chi connectivity index (χ2v) is 7.94. The van der Waals surface area contributed by atoms with E-state index < -0.39 is 0 Å². The van der Waals surface area contributed by atoms with Gasteiger partial charge in [-0.15, -0.1) is 0 Å². The molecule has 1 aromatic heterocycles. The summed E-state index contributed by atoms with van der Waals surface area (Å²) in [6, 6.07) is 15.6. The van der Waals surface area contributed by atoms with Crippen molar-refractivity contribution in [2.75, 3.05) is 18.5 Å². The molecule has 1 amide bonds. The van der Waals surface area contributed by atoms with Gasteiger partial charge >= 0.3 is 0 Å². The first kappa shape index (κ1) is 20.4. The first-order valence-corrected chi connectivity index (χ1v) is 10.7. The van der Waals surface area contributed by atoms with Crippen LogP contribution in [0.4, 0.5) is 5.69 Å². The number of carbonyl (C=O) groups excluding carboxylic acids is 1. The number of benzene rings is 2. The molecule has 1 saturated heterocycles. The molecule has 1 N–H and O–H groups in total. The number of nitrogens with zero attached hydrogens (tertiary/aromatic N) is 2. The van der Waals surface area contributed by atoms with Crippen molar-refractivity contribution in [1.29, 1.82) is 0 Å².